The second-order valence-corrected chi connectivity index (χ2v) is 6.58. The molecule has 0 aliphatic carbocycles. The summed E-state index contributed by atoms with van der Waals surface area (Å²) in [5.74, 6) is 0.351. The lowest BCUT2D eigenvalue weighted by Crippen LogP contribution is -2.33. The number of hydrogen-bond acceptors (Lipinski definition) is 3. The Balaban J connectivity index is 2.33. The summed E-state index contributed by atoms with van der Waals surface area (Å²) in [6.07, 6.45) is 3.69. The molecule has 1 rings (SSSR count). The largest absolute Gasteiger partial charge is 0.311 e. The van der Waals surface area contributed by atoms with Gasteiger partial charge in [-0.3, -0.25) is 4.79 Å². The minimum Gasteiger partial charge on any atom is -0.311 e. The molecule has 0 unspecified atom stereocenters. The first-order valence-corrected chi connectivity index (χ1v) is 7.34. The van der Waals surface area contributed by atoms with E-state index in [0.29, 0.717) is 5.92 Å². The van der Waals surface area contributed by atoms with E-state index in [9.17, 15) is 4.79 Å². The maximum absolute atomic E-state index is 11.8. The van der Waals surface area contributed by atoms with Crippen molar-refractivity contribution in [3.8, 4) is 0 Å². The van der Waals surface area contributed by atoms with E-state index in [-0.39, 0.29) is 10.7 Å². The number of thioether (sulfide) groups is 1. The monoisotopic (exact) mass is 256 g/mol. The Morgan fingerprint density at radius 1 is 1.41 bits per heavy atom. The van der Waals surface area contributed by atoms with Crippen molar-refractivity contribution < 1.29 is 4.79 Å². The molecule has 1 amide bonds. The van der Waals surface area contributed by atoms with Crippen LogP contribution in [-0.4, -0.2) is 28.8 Å². The van der Waals surface area contributed by atoms with Gasteiger partial charge in [0.05, 0.1) is 5.04 Å². The summed E-state index contributed by atoms with van der Waals surface area (Å²) in [6.45, 7) is 10.1. The van der Waals surface area contributed by atoms with Crippen LogP contribution in [0.25, 0.3) is 0 Å². The molecule has 0 aromatic carbocycles. The van der Waals surface area contributed by atoms with E-state index < -0.39 is 0 Å². The standard InChI is InChI=1S/C13H24N2OS/c1-5-6-7-8-14-9-11-15-12(16)13(4,17-11)10(2)3/h10,14H,5-9H2,1-4H3/t13-/m0/s1. The van der Waals surface area contributed by atoms with Gasteiger partial charge in [-0.25, -0.2) is 4.99 Å². The van der Waals surface area contributed by atoms with E-state index in [1.54, 1.807) is 11.8 Å². The number of aliphatic imine (C=N–C) groups is 1. The second-order valence-electron chi connectivity index (χ2n) is 5.06. The van der Waals surface area contributed by atoms with Crippen molar-refractivity contribution in [1.29, 1.82) is 0 Å². The van der Waals surface area contributed by atoms with Gasteiger partial charge >= 0.3 is 0 Å². The summed E-state index contributed by atoms with van der Waals surface area (Å²) in [5, 5.41) is 4.30. The third-order valence-electron chi connectivity index (χ3n) is 3.32. The lowest BCUT2D eigenvalue weighted by atomic mass is 9.96. The highest BCUT2D eigenvalue weighted by molar-refractivity contribution is 8.16. The van der Waals surface area contributed by atoms with Crippen LogP contribution in [0.2, 0.25) is 0 Å². The Morgan fingerprint density at radius 2 is 2.12 bits per heavy atom. The van der Waals surface area contributed by atoms with Gasteiger partial charge in [-0.1, -0.05) is 45.4 Å². The molecule has 0 saturated heterocycles. The summed E-state index contributed by atoms with van der Waals surface area (Å²) in [6, 6.07) is 0. The maximum atomic E-state index is 11.8. The average Bonchev–Trinajstić information content (AvgIpc) is 2.56. The van der Waals surface area contributed by atoms with Crippen LogP contribution < -0.4 is 5.32 Å². The second kappa shape index (κ2) is 6.55. The fraction of sp³-hybridized carbons (Fsp3) is 0.846. The number of unbranched alkanes of at least 4 members (excludes halogenated alkanes) is 2. The molecule has 0 fully saturated rings. The fourth-order valence-corrected chi connectivity index (χ4v) is 2.83. The zero-order valence-corrected chi connectivity index (χ0v) is 12.2. The molecule has 1 atom stereocenters. The van der Waals surface area contributed by atoms with Crippen molar-refractivity contribution in [1.82, 2.24) is 5.32 Å². The third kappa shape index (κ3) is 3.81. The predicted molar refractivity (Wildman–Crippen MR) is 75.7 cm³/mol. The van der Waals surface area contributed by atoms with E-state index >= 15 is 0 Å². The third-order valence-corrected chi connectivity index (χ3v) is 4.86. The van der Waals surface area contributed by atoms with Crippen LogP contribution in [0, 0.1) is 5.92 Å². The lowest BCUT2D eigenvalue weighted by Gasteiger charge is -2.24. The van der Waals surface area contributed by atoms with Crippen LogP contribution >= 0.6 is 11.8 Å². The summed E-state index contributed by atoms with van der Waals surface area (Å²) < 4.78 is -0.347. The van der Waals surface area contributed by atoms with Crippen molar-refractivity contribution >= 4 is 22.7 Å². The van der Waals surface area contributed by atoms with Crippen molar-refractivity contribution in [3.63, 3.8) is 0 Å². The Hall–Kier alpha value is -0.350. The van der Waals surface area contributed by atoms with Crippen molar-refractivity contribution in [2.75, 3.05) is 13.1 Å². The number of nitrogens with zero attached hydrogens (tertiary/aromatic N) is 1. The zero-order valence-electron chi connectivity index (χ0n) is 11.4. The summed E-state index contributed by atoms with van der Waals surface area (Å²) in [4.78, 5) is 16.0. The van der Waals surface area contributed by atoms with E-state index in [4.69, 9.17) is 0 Å². The van der Waals surface area contributed by atoms with Gasteiger partial charge in [0.1, 0.15) is 4.75 Å². The fourth-order valence-electron chi connectivity index (χ4n) is 1.67. The molecule has 0 aromatic rings. The van der Waals surface area contributed by atoms with E-state index in [1.165, 1.54) is 19.3 Å². The van der Waals surface area contributed by atoms with Crippen LogP contribution in [0.5, 0.6) is 0 Å². The molecule has 1 aliphatic heterocycles. The smallest absolute Gasteiger partial charge is 0.263 e. The average molecular weight is 256 g/mol. The van der Waals surface area contributed by atoms with Crippen LogP contribution in [0.15, 0.2) is 4.99 Å². The number of carbonyl (C=O) groups excluding carboxylic acids is 1. The SMILES string of the molecule is CCCCCNCC1=NC(=O)[C@](C)(C(C)C)S1. The predicted octanol–water partition coefficient (Wildman–Crippen LogP) is 2.85. The zero-order chi connectivity index (χ0) is 12.9. The quantitative estimate of drug-likeness (QED) is 0.712. The molecule has 0 aromatic heterocycles. The molecule has 0 spiro atoms. The highest BCUT2D eigenvalue weighted by Gasteiger charge is 2.43. The topological polar surface area (TPSA) is 41.5 Å². The molecule has 3 nitrogen and oxygen atoms in total. The van der Waals surface area contributed by atoms with Gasteiger partial charge in [0.2, 0.25) is 0 Å². The Bertz CT molecular complexity index is 302. The molecule has 1 heterocycles. The van der Waals surface area contributed by atoms with E-state index in [0.717, 1.165) is 18.1 Å². The first-order valence-electron chi connectivity index (χ1n) is 6.52. The summed E-state index contributed by atoms with van der Waals surface area (Å²) in [5.41, 5.74) is 0. The normalized spacial score (nSPS) is 24.5. The number of rotatable bonds is 7. The van der Waals surface area contributed by atoms with Crippen LogP contribution in [0.3, 0.4) is 0 Å². The highest BCUT2D eigenvalue weighted by Crippen LogP contribution is 2.39. The molecule has 0 radical (unpaired) electrons. The summed E-state index contributed by atoms with van der Waals surface area (Å²) >= 11 is 1.63. The number of amides is 1. The molecule has 1 aliphatic rings. The Kier molecular flexibility index (Phi) is 5.67. The Labute approximate surface area is 109 Å². The molecule has 1 N–H and O–H groups in total. The number of carbonyl (C=O) groups is 1. The van der Waals surface area contributed by atoms with Gasteiger partial charge in [0.15, 0.2) is 0 Å². The van der Waals surface area contributed by atoms with E-state index in [2.05, 4.69) is 31.1 Å². The van der Waals surface area contributed by atoms with E-state index in [1.807, 2.05) is 6.92 Å². The molecule has 98 valence electrons. The molecule has 0 bridgehead atoms. The number of nitrogens with one attached hydrogen (secondary N) is 1. The molecule has 17 heavy (non-hydrogen) atoms. The summed E-state index contributed by atoms with van der Waals surface area (Å²) in [7, 11) is 0. The van der Waals surface area contributed by atoms with Crippen molar-refractivity contribution in [2.45, 2.75) is 51.7 Å². The van der Waals surface area contributed by atoms with Gasteiger partial charge in [-0.05, 0) is 25.8 Å². The Morgan fingerprint density at radius 3 is 2.65 bits per heavy atom. The van der Waals surface area contributed by atoms with Gasteiger partial charge in [-0.15, -0.1) is 0 Å². The van der Waals surface area contributed by atoms with Gasteiger partial charge in [0, 0.05) is 6.54 Å². The van der Waals surface area contributed by atoms with Crippen LogP contribution in [-0.2, 0) is 4.79 Å². The minimum atomic E-state index is -0.347. The van der Waals surface area contributed by atoms with Crippen LogP contribution in [0.4, 0.5) is 0 Å². The first kappa shape index (κ1) is 14.7. The molecular weight excluding hydrogens is 232 g/mol. The van der Waals surface area contributed by atoms with Crippen molar-refractivity contribution in [2.24, 2.45) is 10.9 Å². The van der Waals surface area contributed by atoms with Gasteiger partial charge in [0.25, 0.3) is 5.91 Å². The number of hydrogen-bond donors (Lipinski definition) is 1. The molecule has 0 saturated carbocycles. The van der Waals surface area contributed by atoms with Crippen LogP contribution in [0.1, 0.15) is 47.0 Å². The minimum absolute atomic E-state index is 0.0304. The highest BCUT2D eigenvalue weighted by atomic mass is 32.2. The molecule has 4 heteroatoms. The lowest BCUT2D eigenvalue weighted by molar-refractivity contribution is -0.120. The van der Waals surface area contributed by atoms with Gasteiger partial charge in [-0.2, -0.15) is 0 Å². The van der Waals surface area contributed by atoms with Gasteiger partial charge < -0.3 is 5.32 Å². The molecular formula is C13H24N2OS. The van der Waals surface area contributed by atoms with Crippen molar-refractivity contribution in [3.05, 3.63) is 0 Å². The first-order chi connectivity index (χ1) is 8.00. The maximum Gasteiger partial charge on any atom is 0.263 e.